The molecule has 0 aliphatic carbocycles. The van der Waals surface area contributed by atoms with Crippen molar-refractivity contribution in [1.82, 2.24) is 15.1 Å². The van der Waals surface area contributed by atoms with E-state index < -0.39 is 0 Å². The molecule has 1 aliphatic rings. The van der Waals surface area contributed by atoms with Gasteiger partial charge in [0.1, 0.15) is 11.3 Å². The largest absolute Gasteiger partial charge is 0.506 e. The molecule has 1 aliphatic heterocycles. The van der Waals surface area contributed by atoms with E-state index >= 15 is 0 Å². The van der Waals surface area contributed by atoms with Crippen molar-refractivity contribution < 1.29 is 5.11 Å². The lowest BCUT2D eigenvalue weighted by Gasteiger charge is -2.09. The maximum absolute atomic E-state index is 9.84. The molecular weight excluding hydrogens is 202 g/mol. The van der Waals surface area contributed by atoms with Gasteiger partial charge in [-0.25, -0.2) is 0 Å². The van der Waals surface area contributed by atoms with E-state index in [1.807, 2.05) is 23.0 Å². The zero-order valence-electron chi connectivity index (χ0n) is 9.06. The van der Waals surface area contributed by atoms with E-state index in [2.05, 4.69) is 10.4 Å². The smallest absolute Gasteiger partial charge is 0.141 e. The van der Waals surface area contributed by atoms with Crippen LogP contribution >= 0.6 is 0 Å². The number of aromatic hydroxyl groups is 1. The molecule has 0 saturated carbocycles. The molecule has 1 aromatic heterocycles. The molecule has 3 rings (SSSR count). The van der Waals surface area contributed by atoms with E-state index in [-0.39, 0.29) is 0 Å². The lowest BCUT2D eigenvalue weighted by atomic mass is 10.1. The third-order valence-corrected chi connectivity index (χ3v) is 3.23. The predicted octanol–water partition coefficient (Wildman–Crippen LogP) is 1.35. The van der Waals surface area contributed by atoms with Crippen molar-refractivity contribution in [3.05, 3.63) is 24.4 Å². The second-order valence-electron chi connectivity index (χ2n) is 4.40. The molecular formula is C12H15N3O. The average Bonchev–Trinajstić information content (AvgIpc) is 2.90. The summed E-state index contributed by atoms with van der Waals surface area (Å²) in [6.45, 7) is 3.03. The Bertz CT molecular complexity index is 500. The molecule has 1 saturated heterocycles. The molecule has 1 aromatic carbocycles. The van der Waals surface area contributed by atoms with E-state index in [0.29, 0.717) is 11.7 Å². The lowest BCUT2D eigenvalue weighted by Crippen LogP contribution is -2.15. The SMILES string of the molecule is Oc1cccc2cnn(CC3CCNC3)c12. The summed E-state index contributed by atoms with van der Waals surface area (Å²) in [6.07, 6.45) is 3.01. The minimum atomic E-state index is 0.320. The molecule has 0 radical (unpaired) electrons. The van der Waals surface area contributed by atoms with Crippen LogP contribution in [0.4, 0.5) is 0 Å². The first-order chi connectivity index (χ1) is 7.84. The van der Waals surface area contributed by atoms with E-state index in [9.17, 15) is 5.11 Å². The van der Waals surface area contributed by atoms with Gasteiger partial charge in [-0.05, 0) is 31.5 Å². The number of phenols is 1. The van der Waals surface area contributed by atoms with Crippen molar-refractivity contribution in [2.45, 2.75) is 13.0 Å². The molecule has 1 atom stereocenters. The molecule has 1 fully saturated rings. The van der Waals surface area contributed by atoms with Crippen LogP contribution in [0.3, 0.4) is 0 Å². The van der Waals surface area contributed by atoms with Crippen LogP contribution in [-0.4, -0.2) is 28.0 Å². The fourth-order valence-electron chi connectivity index (χ4n) is 2.38. The van der Waals surface area contributed by atoms with Crippen molar-refractivity contribution >= 4 is 10.9 Å². The van der Waals surface area contributed by atoms with Crippen LogP contribution in [0.1, 0.15) is 6.42 Å². The monoisotopic (exact) mass is 217 g/mol. The Morgan fingerprint density at radius 3 is 3.25 bits per heavy atom. The Labute approximate surface area is 93.9 Å². The summed E-state index contributed by atoms with van der Waals surface area (Å²) >= 11 is 0. The Kier molecular flexibility index (Phi) is 2.29. The number of hydrogen-bond acceptors (Lipinski definition) is 3. The molecule has 2 aromatic rings. The van der Waals surface area contributed by atoms with Gasteiger partial charge in [-0.1, -0.05) is 12.1 Å². The first-order valence-electron chi connectivity index (χ1n) is 5.69. The molecule has 16 heavy (non-hydrogen) atoms. The fourth-order valence-corrected chi connectivity index (χ4v) is 2.38. The molecule has 1 unspecified atom stereocenters. The minimum absolute atomic E-state index is 0.320. The van der Waals surface area contributed by atoms with E-state index in [4.69, 9.17) is 0 Å². The van der Waals surface area contributed by atoms with Crippen LogP contribution in [0.25, 0.3) is 10.9 Å². The number of nitrogens with one attached hydrogen (secondary N) is 1. The zero-order valence-corrected chi connectivity index (χ0v) is 9.06. The number of benzene rings is 1. The summed E-state index contributed by atoms with van der Waals surface area (Å²) < 4.78 is 1.92. The highest BCUT2D eigenvalue weighted by atomic mass is 16.3. The molecule has 4 heteroatoms. The first-order valence-corrected chi connectivity index (χ1v) is 5.69. The van der Waals surface area contributed by atoms with Crippen LogP contribution in [0.5, 0.6) is 5.75 Å². The summed E-state index contributed by atoms with van der Waals surface area (Å²) in [7, 11) is 0. The zero-order chi connectivity index (χ0) is 11.0. The molecule has 84 valence electrons. The fraction of sp³-hybridized carbons (Fsp3) is 0.417. The quantitative estimate of drug-likeness (QED) is 0.798. The molecule has 0 bridgehead atoms. The summed E-state index contributed by atoms with van der Waals surface area (Å²) in [4.78, 5) is 0. The van der Waals surface area contributed by atoms with Crippen molar-refractivity contribution in [2.24, 2.45) is 5.92 Å². The lowest BCUT2D eigenvalue weighted by molar-refractivity contribution is 0.444. The number of fused-ring (bicyclic) bond motifs is 1. The summed E-state index contributed by atoms with van der Waals surface area (Å²) in [6, 6.07) is 5.54. The Morgan fingerprint density at radius 2 is 2.44 bits per heavy atom. The molecule has 4 nitrogen and oxygen atoms in total. The van der Waals surface area contributed by atoms with Crippen LogP contribution in [-0.2, 0) is 6.54 Å². The second kappa shape index (κ2) is 3.79. The van der Waals surface area contributed by atoms with Gasteiger partial charge in [0.25, 0.3) is 0 Å². The number of phenolic OH excluding ortho intramolecular Hbond substituents is 1. The van der Waals surface area contributed by atoms with E-state index in [0.717, 1.165) is 30.5 Å². The number of para-hydroxylation sites is 1. The third-order valence-electron chi connectivity index (χ3n) is 3.23. The van der Waals surface area contributed by atoms with Gasteiger partial charge < -0.3 is 10.4 Å². The van der Waals surface area contributed by atoms with Crippen molar-refractivity contribution in [2.75, 3.05) is 13.1 Å². The van der Waals surface area contributed by atoms with Gasteiger partial charge in [0.15, 0.2) is 0 Å². The first kappa shape index (κ1) is 9.66. The van der Waals surface area contributed by atoms with Gasteiger partial charge in [-0.3, -0.25) is 4.68 Å². The highest BCUT2D eigenvalue weighted by Gasteiger charge is 2.17. The number of hydrogen-bond donors (Lipinski definition) is 2. The van der Waals surface area contributed by atoms with Crippen LogP contribution < -0.4 is 5.32 Å². The minimum Gasteiger partial charge on any atom is -0.506 e. The highest BCUT2D eigenvalue weighted by molar-refractivity contribution is 5.84. The molecule has 2 heterocycles. The van der Waals surface area contributed by atoms with Gasteiger partial charge in [0, 0.05) is 11.9 Å². The maximum Gasteiger partial charge on any atom is 0.141 e. The summed E-state index contributed by atoms with van der Waals surface area (Å²) in [5, 5.41) is 18.5. The third kappa shape index (κ3) is 1.55. The maximum atomic E-state index is 9.84. The van der Waals surface area contributed by atoms with Crippen molar-refractivity contribution in [1.29, 1.82) is 0 Å². The number of aromatic nitrogens is 2. The van der Waals surface area contributed by atoms with Gasteiger partial charge in [0.05, 0.1) is 6.20 Å². The second-order valence-corrected chi connectivity index (χ2v) is 4.40. The van der Waals surface area contributed by atoms with Crippen LogP contribution in [0.2, 0.25) is 0 Å². The molecule has 0 spiro atoms. The van der Waals surface area contributed by atoms with Gasteiger partial charge >= 0.3 is 0 Å². The molecule has 0 amide bonds. The number of nitrogens with zero attached hydrogens (tertiary/aromatic N) is 2. The normalized spacial score (nSPS) is 20.6. The van der Waals surface area contributed by atoms with Gasteiger partial charge in [-0.2, -0.15) is 5.10 Å². The van der Waals surface area contributed by atoms with E-state index in [1.54, 1.807) is 6.07 Å². The molecule has 2 N–H and O–H groups in total. The van der Waals surface area contributed by atoms with E-state index in [1.165, 1.54) is 6.42 Å². The standard InChI is InChI=1S/C12H15N3O/c16-11-3-1-2-10-7-14-15(12(10)11)8-9-4-5-13-6-9/h1-3,7,9,13,16H,4-6,8H2. The Balaban J connectivity index is 1.97. The highest BCUT2D eigenvalue weighted by Crippen LogP contribution is 2.25. The average molecular weight is 217 g/mol. The summed E-state index contributed by atoms with van der Waals surface area (Å²) in [5.74, 6) is 0.948. The van der Waals surface area contributed by atoms with Crippen LogP contribution in [0, 0.1) is 5.92 Å². The van der Waals surface area contributed by atoms with Crippen LogP contribution in [0.15, 0.2) is 24.4 Å². The number of rotatable bonds is 2. The van der Waals surface area contributed by atoms with Gasteiger partial charge in [0.2, 0.25) is 0 Å². The van der Waals surface area contributed by atoms with Crippen molar-refractivity contribution in [3.63, 3.8) is 0 Å². The Hall–Kier alpha value is -1.55. The topological polar surface area (TPSA) is 50.1 Å². The predicted molar refractivity (Wildman–Crippen MR) is 62.4 cm³/mol. The van der Waals surface area contributed by atoms with Gasteiger partial charge in [-0.15, -0.1) is 0 Å². The van der Waals surface area contributed by atoms with Crippen molar-refractivity contribution in [3.8, 4) is 5.75 Å². The summed E-state index contributed by atoms with van der Waals surface area (Å²) in [5.41, 5.74) is 0.856. The Morgan fingerprint density at radius 1 is 1.50 bits per heavy atom.